The van der Waals surface area contributed by atoms with Crippen LogP contribution in [0.4, 0.5) is 4.79 Å². The highest BCUT2D eigenvalue weighted by Crippen LogP contribution is 2.16. The number of carbonyl (C=O) groups is 2. The van der Waals surface area contributed by atoms with Gasteiger partial charge in [-0.25, -0.2) is 9.59 Å². The van der Waals surface area contributed by atoms with E-state index < -0.39 is 12.0 Å². The zero-order valence-corrected chi connectivity index (χ0v) is 11.1. The lowest BCUT2D eigenvalue weighted by Crippen LogP contribution is -2.54. The van der Waals surface area contributed by atoms with Crippen LogP contribution in [-0.2, 0) is 4.79 Å². The summed E-state index contributed by atoms with van der Waals surface area (Å²) < 4.78 is 0. The van der Waals surface area contributed by atoms with Gasteiger partial charge < -0.3 is 15.3 Å². The number of nitrogens with zero attached hydrogens (tertiary/aromatic N) is 1. The van der Waals surface area contributed by atoms with E-state index in [0.29, 0.717) is 24.8 Å². The van der Waals surface area contributed by atoms with Gasteiger partial charge in [-0.05, 0) is 5.92 Å². The highest BCUT2D eigenvalue weighted by Gasteiger charge is 2.32. The van der Waals surface area contributed by atoms with Crippen LogP contribution in [0, 0.1) is 5.92 Å². The molecule has 0 spiro atoms. The first-order valence-electron chi connectivity index (χ1n) is 5.91. The summed E-state index contributed by atoms with van der Waals surface area (Å²) in [5, 5.41) is 11.8. The summed E-state index contributed by atoms with van der Waals surface area (Å²) in [6.45, 7) is 5.23. The van der Waals surface area contributed by atoms with Crippen molar-refractivity contribution < 1.29 is 14.7 Å². The van der Waals surface area contributed by atoms with Crippen LogP contribution in [0.5, 0.6) is 0 Å². The Morgan fingerprint density at radius 2 is 2.29 bits per heavy atom. The molecular weight excluding hydrogens is 240 g/mol. The summed E-state index contributed by atoms with van der Waals surface area (Å²) in [6.07, 6.45) is 0.999. The number of hydrogen-bond acceptors (Lipinski definition) is 3. The lowest BCUT2D eigenvalue weighted by Gasteiger charge is -2.32. The van der Waals surface area contributed by atoms with Crippen LogP contribution in [0.2, 0.25) is 0 Å². The first kappa shape index (κ1) is 14.2. The summed E-state index contributed by atoms with van der Waals surface area (Å²) in [6, 6.07) is -0.941. The van der Waals surface area contributed by atoms with E-state index in [1.54, 1.807) is 11.8 Å². The van der Waals surface area contributed by atoms with Crippen LogP contribution < -0.4 is 5.32 Å². The first-order valence-corrected chi connectivity index (χ1v) is 7.06. The number of rotatable bonds is 4. The van der Waals surface area contributed by atoms with Crippen LogP contribution >= 0.6 is 11.8 Å². The molecule has 0 saturated carbocycles. The van der Waals surface area contributed by atoms with E-state index in [4.69, 9.17) is 5.11 Å². The van der Waals surface area contributed by atoms with Gasteiger partial charge in [0, 0.05) is 24.6 Å². The molecule has 0 radical (unpaired) electrons. The first-order chi connectivity index (χ1) is 8.06. The molecule has 1 aliphatic heterocycles. The predicted molar refractivity (Wildman–Crippen MR) is 68.3 cm³/mol. The monoisotopic (exact) mass is 260 g/mol. The van der Waals surface area contributed by atoms with Crippen molar-refractivity contribution in [1.82, 2.24) is 10.2 Å². The van der Waals surface area contributed by atoms with Gasteiger partial charge in [0.15, 0.2) is 0 Å². The Morgan fingerprint density at radius 1 is 1.59 bits per heavy atom. The summed E-state index contributed by atoms with van der Waals surface area (Å²) in [4.78, 5) is 24.3. The van der Waals surface area contributed by atoms with Crippen molar-refractivity contribution in [3.05, 3.63) is 0 Å². The number of nitrogens with one attached hydrogen (secondary N) is 1. The van der Waals surface area contributed by atoms with E-state index in [1.807, 2.05) is 0 Å². The highest BCUT2D eigenvalue weighted by atomic mass is 32.2. The van der Waals surface area contributed by atoms with Gasteiger partial charge in [0.1, 0.15) is 6.04 Å². The second kappa shape index (κ2) is 6.74. The van der Waals surface area contributed by atoms with Crippen LogP contribution in [0.1, 0.15) is 20.3 Å². The zero-order chi connectivity index (χ0) is 12.8. The molecular formula is C11H20N2O3S. The fraction of sp³-hybridized carbons (Fsp3) is 0.818. The number of carboxylic acid groups (broad SMARTS) is 1. The maximum Gasteiger partial charge on any atom is 0.327 e. The quantitative estimate of drug-likeness (QED) is 0.798. The third-order valence-electron chi connectivity index (χ3n) is 2.97. The van der Waals surface area contributed by atoms with Gasteiger partial charge in [0.05, 0.1) is 0 Å². The largest absolute Gasteiger partial charge is 0.480 e. The third kappa shape index (κ3) is 4.11. The Labute approximate surface area is 106 Å². The Bertz CT molecular complexity index is 286. The van der Waals surface area contributed by atoms with Gasteiger partial charge in [-0.2, -0.15) is 11.8 Å². The summed E-state index contributed by atoms with van der Waals surface area (Å²) >= 11 is 1.58. The molecule has 1 fully saturated rings. The molecule has 0 aromatic heterocycles. The lowest BCUT2D eigenvalue weighted by molar-refractivity contribution is -0.141. The highest BCUT2D eigenvalue weighted by molar-refractivity contribution is 7.99. The Morgan fingerprint density at radius 3 is 2.88 bits per heavy atom. The van der Waals surface area contributed by atoms with Gasteiger partial charge in [0.25, 0.3) is 0 Å². The van der Waals surface area contributed by atoms with Crippen molar-refractivity contribution in [2.75, 3.05) is 24.6 Å². The van der Waals surface area contributed by atoms with E-state index >= 15 is 0 Å². The SMILES string of the molecule is CCC(C)CNC(=O)N1CCSCC1C(=O)O. The van der Waals surface area contributed by atoms with Crippen molar-refractivity contribution in [2.45, 2.75) is 26.3 Å². The summed E-state index contributed by atoms with van der Waals surface area (Å²) in [7, 11) is 0. The molecule has 6 heteroatoms. The molecule has 2 atom stereocenters. The molecule has 98 valence electrons. The second-order valence-electron chi connectivity index (χ2n) is 4.32. The van der Waals surface area contributed by atoms with E-state index in [2.05, 4.69) is 19.2 Å². The van der Waals surface area contributed by atoms with Crippen LogP contribution in [0.25, 0.3) is 0 Å². The summed E-state index contributed by atoms with van der Waals surface area (Å²) in [5.74, 6) is 0.782. The van der Waals surface area contributed by atoms with Gasteiger partial charge in [-0.1, -0.05) is 20.3 Å². The van der Waals surface area contributed by atoms with Crippen LogP contribution in [0.15, 0.2) is 0 Å². The second-order valence-corrected chi connectivity index (χ2v) is 5.47. The predicted octanol–water partition coefficient (Wildman–Crippen LogP) is 1.24. The van der Waals surface area contributed by atoms with Gasteiger partial charge >= 0.3 is 12.0 Å². The normalized spacial score (nSPS) is 22.0. The van der Waals surface area contributed by atoms with Gasteiger partial charge in [0.2, 0.25) is 0 Å². The van der Waals surface area contributed by atoms with Crippen molar-refractivity contribution in [3.63, 3.8) is 0 Å². The minimum atomic E-state index is -0.920. The standard InChI is InChI=1S/C11H20N2O3S/c1-3-8(2)6-12-11(16)13-4-5-17-7-9(13)10(14)15/h8-9H,3-7H2,1-2H3,(H,12,16)(H,14,15). The van der Waals surface area contributed by atoms with Crippen molar-refractivity contribution in [3.8, 4) is 0 Å². The molecule has 17 heavy (non-hydrogen) atoms. The van der Waals surface area contributed by atoms with Crippen molar-refractivity contribution in [1.29, 1.82) is 0 Å². The third-order valence-corrected chi connectivity index (χ3v) is 4.00. The number of carboxylic acids is 1. The minimum Gasteiger partial charge on any atom is -0.480 e. The topological polar surface area (TPSA) is 69.6 Å². The Hall–Kier alpha value is -0.910. The zero-order valence-electron chi connectivity index (χ0n) is 10.3. The van der Waals surface area contributed by atoms with Crippen molar-refractivity contribution >= 4 is 23.8 Å². The molecule has 2 amide bonds. The minimum absolute atomic E-state index is 0.252. The number of hydrogen-bond donors (Lipinski definition) is 2. The van der Waals surface area contributed by atoms with Crippen molar-refractivity contribution in [2.24, 2.45) is 5.92 Å². The maximum atomic E-state index is 11.9. The Balaban J connectivity index is 2.50. The number of thioether (sulfide) groups is 1. The molecule has 0 bridgehead atoms. The maximum absolute atomic E-state index is 11.9. The summed E-state index contributed by atoms with van der Waals surface area (Å²) in [5.41, 5.74) is 0. The smallest absolute Gasteiger partial charge is 0.327 e. The fourth-order valence-electron chi connectivity index (χ4n) is 1.56. The number of aliphatic carboxylic acids is 1. The van der Waals surface area contributed by atoms with Crippen LogP contribution in [-0.4, -0.2) is 52.6 Å². The molecule has 2 N–H and O–H groups in total. The van der Waals surface area contributed by atoms with Gasteiger partial charge in [-0.3, -0.25) is 0 Å². The molecule has 1 heterocycles. The Kier molecular flexibility index (Phi) is 5.61. The molecule has 1 rings (SSSR count). The van der Waals surface area contributed by atoms with E-state index in [0.717, 1.165) is 12.2 Å². The van der Waals surface area contributed by atoms with Crippen LogP contribution in [0.3, 0.4) is 0 Å². The molecule has 1 aliphatic rings. The molecule has 2 unspecified atom stereocenters. The average Bonchev–Trinajstić information content (AvgIpc) is 2.35. The fourth-order valence-corrected chi connectivity index (χ4v) is 2.60. The molecule has 0 aliphatic carbocycles. The van der Waals surface area contributed by atoms with E-state index in [9.17, 15) is 9.59 Å². The average molecular weight is 260 g/mol. The number of amides is 2. The molecule has 1 saturated heterocycles. The number of carbonyl (C=O) groups excluding carboxylic acids is 1. The lowest BCUT2D eigenvalue weighted by atomic mass is 10.1. The number of urea groups is 1. The van der Waals surface area contributed by atoms with E-state index in [1.165, 1.54) is 4.90 Å². The van der Waals surface area contributed by atoms with E-state index in [-0.39, 0.29) is 6.03 Å². The molecule has 0 aromatic carbocycles. The molecule has 0 aromatic rings. The van der Waals surface area contributed by atoms with Gasteiger partial charge in [-0.15, -0.1) is 0 Å². The molecule has 5 nitrogen and oxygen atoms in total.